The zero-order chi connectivity index (χ0) is 13.1. The van der Waals surface area contributed by atoms with Crippen LogP contribution in [0, 0.1) is 5.92 Å². The average Bonchev–Trinajstić information content (AvgIpc) is 2.11. The van der Waals surface area contributed by atoms with Crippen LogP contribution in [0.15, 0.2) is 0 Å². The Labute approximate surface area is 99.4 Å². The third-order valence-electron chi connectivity index (χ3n) is 2.46. The van der Waals surface area contributed by atoms with E-state index in [0.717, 1.165) is 4.31 Å². The lowest BCUT2D eigenvalue weighted by Gasteiger charge is -2.35. The Kier molecular flexibility index (Phi) is 4.47. The summed E-state index contributed by atoms with van der Waals surface area (Å²) < 4.78 is 28.9. The lowest BCUT2D eigenvalue weighted by atomic mass is 10.0. The highest BCUT2D eigenvalue weighted by molar-refractivity contribution is 7.89. The molecule has 0 amide bonds. The number of nitrogens with zero attached hydrogens (tertiary/aromatic N) is 1. The Bertz CT molecular complexity index is 398. The zero-order valence-electron chi connectivity index (χ0n) is 9.46. The molecular formula is C9H15NO6S. The van der Waals surface area contributed by atoms with Crippen molar-refractivity contribution >= 4 is 22.0 Å². The second kappa shape index (κ2) is 5.46. The van der Waals surface area contributed by atoms with E-state index in [1.165, 1.54) is 0 Å². The van der Waals surface area contributed by atoms with E-state index in [9.17, 15) is 18.0 Å². The first-order chi connectivity index (χ1) is 7.86. The number of hydrogen-bond donors (Lipinski definition) is 1. The van der Waals surface area contributed by atoms with Crippen molar-refractivity contribution in [3.05, 3.63) is 0 Å². The first-order valence-electron chi connectivity index (χ1n) is 5.23. The summed E-state index contributed by atoms with van der Waals surface area (Å²) in [5.74, 6) is -2.53. The van der Waals surface area contributed by atoms with Crippen LogP contribution in [0.1, 0.15) is 13.3 Å². The van der Waals surface area contributed by atoms with Crippen molar-refractivity contribution in [1.29, 1.82) is 0 Å². The highest BCUT2D eigenvalue weighted by Gasteiger charge is 2.39. The van der Waals surface area contributed by atoms with Gasteiger partial charge in [-0.2, -0.15) is 0 Å². The van der Waals surface area contributed by atoms with Crippen molar-refractivity contribution in [2.24, 2.45) is 5.92 Å². The smallest absolute Gasteiger partial charge is 0.309 e. The van der Waals surface area contributed by atoms with Gasteiger partial charge in [0.1, 0.15) is 0 Å². The summed E-state index contributed by atoms with van der Waals surface area (Å²) in [5, 5.41) is 8.61. The minimum absolute atomic E-state index is 0.0134. The fourth-order valence-corrected chi connectivity index (χ4v) is 2.89. The number of rotatable bonds is 6. The molecule has 0 aromatic heterocycles. The van der Waals surface area contributed by atoms with Crippen LogP contribution in [0.25, 0.3) is 0 Å². The second-order valence-electron chi connectivity index (χ2n) is 3.72. The van der Waals surface area contributed by atoms with Gasteiger partial charge < -0.3 is 9.84 Å². The number of ether oxygens (including phenoxy) is 1. The maximum atomic E-state index is 11.6. The fourth-order valence-electron chi connectivity index (χ4n) is 1.40. The number of carbonyl (C=O) groups excluding carboxylic acids is 1. The number of carboxylic acids is 1. The standard InChI is InChI=1S/C9H15NO6S/c1-2-16-8(11)3-4-17(14,15)10-5-7(6-10)9(12)13/h7H,2-6H2,1H3,(H,12,13). The van der Waals surface area contributed by atoms with Gasteiger partial charge in [0.05, 0.1) is 24.7 Å². The predicted octanol–water partition coefficient (Wildman–Crippen LogP) is -0.714. The molecule has 0 radical (unpaired) electrons. The summed E-state index contributed by atoms with van der Waals surface area (Å²) in [6.07, 6.45) is -0.204. The van der Waals surface area contributed by atoms with Crippen molar-refractivity contribution in [3.8, 4) is 0 Å². The third kappa shape index (κ3) is 3.67. The highest BCUT2D eigenvalue weighted by atomic mass is 32.2. The Morgan fingerprint density at radius 2 is 2.00 bits per heavy atom. The molecule has 1 fully saturated rings. The van der Waals surface area contributed by atoms with E-state index in [0.29, 0.717) is 0 Å². The van der Waals surface area contributed by atoms with E-state index in [4.69, 9.17) is 5.11 Å². The van der Waals surface area contributed by atoms with Crippen LogP contribution in [0.3, 0.4) is 0 Å². The van der Waals surface area contributed by atoms with Gasteiger partial charge in [-0.15, -0.1) is 0 Å². The van der Waals surface area contributed by atoms with E-state index >= 15 is 0 Å². The summed E-state index contributed by atoms with van der Waals surface area (Å²) >= 11 is 0. The summed E-state index contributed by atoms with van der Waals surface area (Å²) in [6, 6.07) is 0. The Balaban J connectivity index is 2.38. The number of carbonyl (C=O) groups is 2. The monoisotopic (exact) mass is 265 g/mol. The molecule has 1 aliphatic heterocycles. The zero-order valence-corrected chi connectivity index (χ0v) is 10.3. The molecule has 8 heteroatoms. The van der Waals surface area contributed by atoms with E-state index < -0.39 is 27.9 Å². The quantitative estimate of drug-likeness (QED) is 0.636. The van der Waals surface area contributed by atoms with E-state index in [1.807, 2.05) is 0 Å². The minimum Gasteiger partial charge on any atom is -0.481 e. The topological polar surface area (TPSA) is 101 Å². The molecule has 1 aliphatic rings. The van der Waals surface area contributed by atoms with Gasteiger partial charge in [-0.25, -0.2) is 12.7 Å². The van der Waals surface area contributed by atoms with Crippen molar-refractivity contribution < 1.29 is 27.9 Å². The molecule has 1 heterocycles. The first kappa shape index (κ1) is 13.9. The number of esters is 1. The minimum atomic E-state index is -3.53. The molecule has 17 heavy (non-hydrogen) atoms. The normalized spacial score (nSPS) is 17.5. The predicted molar refractivity (Wildman–Crippen MR) is 57.7 cm³/mol. The molecule has 0 aromatic rings. The van der Waals surface area contributed by atoms with Gasteiger partial charge in [0, 0.05) is 13.1 Å². The lowest BCUT2D eigenvalue weighted by molar-refractivity contribution is -0.145. The molecular weight excluding hydrogens is 250 g/mol. The summed E-state index contributed by atoms with van der Waals surface area (Å²) in [7, 11) is -3.53. The van der Waals surface area contributed by atoms with E-state index in [1.54, 1.807) is 6.92 Å². The van der Waals surface area contributed by atoms with Gasteiger partial charge in [-0.05, 0) is 6.92 Å². The van der Waals surface area contributed by atoms with Crippen LogP contribution in [-0.2, 0) is 24.3 Å². The summed E-state index contributed by atoms with van der Waals surface area (Å²) in [4.78, 5) is 21.5. The van der Waals surface area contributed by atoms with Crippen LogP contribution in [0.2, 0.25) is 0 Å². The molecule has 0 spiro atoms. The van der Waals surface area contributed by atoms with Crippen LogP contribution < -0.4 is 0 Å². The third-order valence-corrected chi connectivity index (χ3v) is 4.27. The summed E-state index contributed by atoms with van der Waals surface area (Å²) in [5.41, 5.74) is 0. The first-order valence-corrected chi connectivity index (χ1v) is 6.84. The second-order valence-corrected chi connectivity index (χ2v) is 5.81. The average molecular weight is 265 g/mol. The fraction of sp³-hybridized carbons (Fsp3) is 0.778. The molecule has 0 aliphatic carbocycles. The summed E-state index contributed by atoms with van der Waals surface area (Å²) in [6.45, 7) is 1.82. The molecule has 0 atom stereocenters. The Morgan fingerprint density at radius 1 is 1.41 bits per heavy atom. The van der Waals surface area contributed by atoms with Crippen LogP contribution in [-0.4, -0.2) is 55.2 Å². The van der Waals surface area contributed by atoms with E-state index in [2.05, 4.69) is 4.74 Å². The number of aliphatic carboxylic acids is 1. The van der Waals surface area contributed by atoms with Crippen LogP contribution >= 0.6 is 0 Å². The number of hydrogen-bond acceptors (Lipinski definition) is 5. The maximum Gasteiger partial charge on any atom is 0.309 e. The van der Waals surface area contributed by atoms with Gasteiger partial charge in [-0.3, -0.25) is 9.59 Å². The highest BCUT2D eigenvalue weighted by Crippen LogP contribution is 2.20. The Hall–Kier alpha value is -1.15. The van der Waals surface area contributed by atoms with E-state index in [-0.39, 0.29) is 31.9 Å². The molecule has 7 nitrogen and oxygen atoms in total. The SMILES string of the molecule is CCOC(=O)CCS(=O)(=O)N1CC(C(=O)O)C1. The maximum absolute atomic E-state index is 11.6. The van der Waals surface area contributed by atoms with Crippen LogP contribution in [0.5, 0.6) is 0 Å². The molecule has 0 saturated carbocycles. The van der Waals surface area contributed by atoms with Gasteiger partial charge in [0.25, 0.3) is 0 Å². The lowest BCUT2D eigenvalue weighted by Crippen LogP contribution is -2.53. The molecule has 1 N–H and O–H groups in total. The molecule has 0 bridgehead atoms. The van der Waals surface area contributed by atoms with Crippen molar-refractivity contribution in [2.75, 3.05) is 25.4 Å². The molecule has 1 saturated heterocycles. The van der Waals surface area contributed by atoms with Gasteiger partial charge in [-0.1, -0.05) is 0 Å². The molecule has 0 unspecified atom stereocenters. The van der Waals surface area contributed by atoms with Gasteiger partial charge in [0.2, 0.25) is 10.0 Å². The Morgan fingerprint density at radius 3 is 2.47 bits per heavy atom. The van der Waals surface area contributed by atoms with Crippen molar-refractivity contribution in [2.45, 2.75) is 13.3 Å². The van der Waals surface area contributed by atoms with Gasteiger partial charge in [0.15, 0.2) is 0 Å². The van der Waals surface area contributed by atoms with Crippen molar-refractivity contribution in [1.82, 2.24) is 4.31 Å². The molecule has 98 valence electrons. The van der Waals surface area contributed by atoms with Crippen molar-refractivity contribution in [3.63, 3.8) is 0 Å². The number of carboxylic acid groups (broad SMARTS) is 1. The largest absolute Gasteiger partial charge is 0.481 e. The molecule has 1 rings (SSSR count). The van der Waals surface area contributed by atoms with Gasteiger partial charge >= 0.3 is 11.9 Å². The van der Waals surface area contributed by atoms with Crippen LogP contribution in [0.4, 0.5) is 0 Å². The molecule has 0 aromatic carbocycles. The number of sulfonamides is 1.